The van der Waals surface area contributed by atoms with E-state index < -0.39 is 47.9 Å². The Labute approximate surface area is 201 Å². The van der Waals surface area contributed by atoms with Crippen LogP contribution in [0.3, 0.4) is 0 Å². The third-order valence-electron chi connectivity index (χ3n) is 4.99. The van der Waals surface area contributed by atoms with Gasteiger partial charge in [0.15, 0.2) is 0 Å². The maximum atomic E-state index is 13.2. The summed E-state index contributed by atoms with van der Waals surface area (Å²) in [5.41, 5.74) is 6.83. The standard InChI is InChI=1S/C20H30N8O5S/c1-10(2)16(20(32)33)28-19(31)15(4-12-6-23-9-25-12)27-18(30)14(3-11-5-22-8-24-11)26-17(29)13(21)7-34/h5-6,8-10,13-16,34H,3-4,7,21H2,1-2H3,(H,22,24)(H,23,25)(H,26,29)(H,27,30)(H,28,31)(H,32,33). The monoisotopic (exact) mass is 494 g/mol. The molecule has 0 aromatic carbocycles. The molecule has 13 nitrogen and oxygen atoms in total. The quantitative estimate of drug-likeness (QED) is 0.151. The van der Waals surface area contributed by atoms with Gasteiger partial charge in [-0.2, -0.15) is 12.6 Å². The van der Waals surface area contributed by atoms with Crippen LogP contribution in [-0.4, -0.2) is 78.7 Å². The molecule has 8 N–H and O–H groups in total. The van der Waals surface area contributed by atoms with E-state index in [0.29, 0.717) is 11.4 Å². The van der Waals surface area contributed by atoms with Crippen molar-refractivity contribution in [1.82, 2.24) is 35.9 Å². The molecule has 0 aliphatic heterocycles. The van der Waals surface area contributed by atoms with E-state index in [4.69, 9.17) is 5.73 Å². The molecule has 4 atom stereocenters. The first-order valence-electron chi connectivity index (χ1n) is 10.6. The number of thiol groups is 1. The van der Waals surface area contributed by atoms with Crippen molar-refractivity contribution >= 4 is 36.3 Å². The van der Waals surface area contributed by atoms with Gasteiger partial charge in [0.2, 0.25) is 17.7 Å². The Bertz CT molecular complexity index is 950. The largest absolute Gasteiger partial charge is 0.480 e. The van der Waals surface area contributed by atoms with E-state index in [1.165, 1.54) is 25.0 Å². The maximum Gasteiger partial charge on any atom is 0.326 e. The summed E-state index contributed by atoms with van der Waals surface area (Å²) in [6.45, 7) is 3.31. The molecule has 0 fully saturated rings. The van der Waals surface area contributed by atoms with Crippen LogP contribution in [0.2, 0.25) is 0 Å². The Hall–Kier alpha value is -3.39. The summed E-state index contributed by atoms with van der Waals surface area (Å²) in [4.78, 5) is 63.5. The summed E-state index contributed by atoms with van der Waals surface area (Å²) in [5, 5.41) is 17.1. The highest BCUT2D eigenvalue weighted by Crippen LogP contribution is 2.07. The number of nitrogens with two attached hydrogens (primary N) is 1. The second-order valence-electron chi connectivity index (χ2n) is 8.04. The van der Waals surface area contributed by atoms with E-state index in [1.54, 1.807) is 13.8 Å². The predicted molar refractivity (Wildman–Crippen MR) is 125 cm³/mol. The Balaban J connectivity index is 2.23. The van der Waals surface area contributed by atoms with Crippen LogP contribution in [0, 0.1) is 5.92 Å². The summed E-state index contributed by atoms with van der Waals surface area (Å²) < 4.78 is 0. The third-order valence-corrected chi connectivity index (χ3v) is 5.38. The third kappa shape index (κ3) is 7.88. The van der Waals surface area contributed by atoms with E-state index in [2.05, 4.69) is 48.5 Å². The van der Waals surface area contributed by atoms with Crippen LogP contribution in [0.5, 0.6) is 0 Å². The lowest BCUT2D eigenvalue weighted by atomic mass is 10.0. The summed E-state index contributed by atoms with van der Waals surface area (Å²) in [6, 6.07) is -4.32. The molecule has 0 spiro atoms. The Morgan fingerprint density at radius 2 is 1.41 bits per heavy atom. The molecule has 3 amide bonds. The SMILES string of the molecule is CC(C)C(NC(=O)C(Cc1cnc[nH]1)NC(=O)C(Cc1cnc[nH]1)NC(=O)C(N)CS)C(=O)O. The molecule has 34 heavy (non-hydrogen) atoms. The van der Waals surface area contributed by atoms with Crippen molar-refractivity contribution in [3.05, 3.63) is 36.4 Å². The van der Waals surface area contributed by atoms with E-state index in [0.717, 1.165) is 0 Å². The highest BCUT2D eigenvalue weighted by atomic mass is 32.1. The van der Waals surface area contributed by atoms with Gasteiger partial charge in [-0.25, -0.2) is 14.8 Å². The van der Waals surface area contributed by atoms with Crippen LogP contribution in [0.1, 0.15) is 25.2 Å². The van der Waals surface area contributed by atoms with Crippen molar-refractivity contribution in [1.29, 1.82) is 0 Å². The van der Waals surface area contributed by atoms with Gasteiger partial charge >= 0.3 is 5.97 Å². The van der Waals surface area contributed by atoms with E-state index in [1.807, 2.05) is 0 Å². The van der Waals surface area contributed by atoms with Crippen molar-refractivity contribution in [3.63, 3.8) is 0 Å². The fourth-order valence-corrected chi connectivity index (χ4v) is 3.22. The minimum atomic E-state index is -1.19. The molecular formula is C20H30N8O5S. The maximum absolute atomic E-state index is 13.2. The average Bonchev–Trinajstić information content (AvgIpc) is 3.49. The van der Waals surface area contributed by atoms with Crippen LogP contribution in [-0.2, 0) is 32.0 Å². The number of imidazole rings is 2. The normalized spacial score (nSPS) is 14.6. The number of nitrogens with one attached hydrogen (secondary N) is 5. The van der Waals surface area contributed by atoms with Crippen LogP contribution >= 0.6 is 12.6 Å². The highest BCUT2D eigenvalue weighted by molar-refractivity contribution is 7.80. The first kappa shape index (κ1) is 26.9. The van der Waals surface area contributed by atoms with Gasteiger partial charge in [-0.1, -0.05) is 13.8 Å². The number of amides is 3. The zero-order chi connectivity index (χ0) is 25.3. The number of carbonyl (C=O) groups is 4. The Kier molecular flexibility index (Phi) is 10.1. The van der Waals surface area contributed by atoms with Crippen molar-refractivity contribution in [2.75, 3.05) is 5.75 Å². The number of hydrogen-bond acceptors (Lipinski definition) is 8. The minimum absolute atomic E-state index is 0.0168. The van der Waals surface area contributed by atoms with Gasteiger partial charge in [0.1, 0.15) is 18.1 Å². The van der Waals surface area contributed by atoms with Crippen molar-refractivity contribution < 1.29 is 24.3 Å². The number of aromatic nitrogens is 4. The van der Waals surface area contributed by atoms with Crippen molar-refractivity contribution in [2.45, 2.75) is 50.9 Å². The molecule has 2 rings (SSSR count). The van der Waals surface area contributed by atoms with Crippen LogP contribution in [0.15, 0.2) is 25.0 Å². The molecule has 0 aliphatic rings. The molecule has 0 bridgehead atoms. The van der Waals surface area contributed by atoms with Gasteiger partial charge in [-0.05, 0) is 5.92 Å². The lowest BCUT2D eigenvalue weighted by Crippen LogP contribution is -2.58. The Morgan fingerprint density at radius 3 is 1.79 bits per heavy atom. The number of carbonyl (C=O) groups excluding carboxylic acids is 3. The number of nitrogens with zero attached hydrogens (tertiary/aromatic N) is 2. The predicted octanol–water partition coefficient (Wildman–Crippen LogP) is -1.63. The van der Waals surface area contributed by atoms with E-state index in [9.17, 15) is 24.3 Å². The number of carboxylic acid groups (broad SMARTS) is 1. The molecule has 14 heteroatoms. The highest BCUT2D eigenvalue weighted by Gasteiger charge is 2.32. The van der Waals surface area contributed by atoms with E-state index in [-0.39, 0.29) is 24.5 Å². The first-order valence-corrected chi connectivity index (χ1v) is 11.2. The minimum Gasteiger partial charge on any atom is -0.480 e. The smallest absolute Gasteiger partial charge is 0.326 e. The van der Waals surface area contributed by atoms with Gasteiger partial charge in [0.05, 0.1) is 18.7 Å². The van der Waals surface area contributed by atoms with E-state index >= 15 is 0 Å². The van der Waals surface area contributed by atoms with Gasteiger partial charge in [-0.15, -0.1) is 0 Å². The van der Waals surface area contributed by atoms with Crippen LogP contribution < -0.4 is 21.7 Å². The lowest BCUT2D eigenvalue weighted by molar-refractivity contribution is -0.143. The second kappa shape index (κ2) is 12.7. The molecule has 0 saturated carbocycles. The molecule has 186 valence electrons. The Morgan fingerprint density at radius 1 is 0.941 bits per heavy atom. The fraction of sp³-hybridized carbons (Fsp3) is 0.500. The number of aliphatic carboxylic acids is 1. The summed E-state index contributed by atoms with van der Waals surface area (Å²) in [5.74, 6) is -3.45. The van der Waals surface area contributed by atoms with Crippen LogP contribution in [0.25, 0.3) is 0 Å². The molecule has 0 aliphatic carbocycles. The van der Waals surface area contributed by atoms with Gasteiger partial charge in [-0.3, -0.25) is 14.4 Å². The molecule has 2 aromatic heterocycles. The number of H-pyrrole nitrogens is 2. The number of hydrogen-bond donors (Lipinski definition) is 8. The second-order valence-corrected chi connectivity index (χ2v) is 8.41. The zero-order valence-corrected chi connectivity index (χ0v) is 19.7. The van der Waals surface area contributed by atoms with Crippen molar-refractivity contribution in [3.8, 4) is 0 Å². The number of carboxylic acids is 1. The first-order chi connectivity index (χ1) is 16.1. The summed E-state index contributed by atoms with van der Waals surface area (Å²) in [7, 11) is 0. The summed E-state index contributed by atoms with van der Waals surface area (Å²) >= 11 is 4.00. The molecule has 2 heterocycles. The summed E-state index contributed by atoms with van der Waals surface area (Å²) in [6.07, 6.45) is 5.90. The molecule has 4 unspecified atom stereocenters. The molecular weight excluding hydrogens is 464 g/mol. The van der Waals surface area contributed by atoms with Gasteiger partial charge < -0.3 is 36.8 Å². The topological polar surface area (TPSA) is 208 Å². The molecule has 2 aromatic rings. The zero-order valence-electron chi connectivity index (χ0n) is 18.8. The molecule has 0 saturated heterocycles. The lowest BCUT2D eigenvalue weighted by Gasteiger charge is -2.25. The average molecular weight is 495 g/mol. The van der Waals surface area contributed by atoms with Crippen LogP contribution in [0.4, 0.5) is 0 Å². The number of aromatic amines is 2. The van der Waals surface area contributed by atoms with Crippen molar-refractivity contribution in [2.24, 2.45) is 11.7 Å². The number of rotatable bonds is 13. The van der Waals surface area contributed by atoms with Gasteiger partial charge in [0.25, 0.3) is 0 Å². The van der Waals surface area contributed by atoms with Gasteiger partial charge in [0, 0.05) is 42.4 Å². The fourth-order valence-electron chi connectivity index (χ4n) is 3.05. The molecule has 0 radical (unpaired) electrons.